The summed E-state index contributed by atoms with van der Waals surface area (Å²) in [5, 5.41) is 14.5. The molecule has 0 aromatic heterocycles. The van der Waals surface area contributed by atoms with Crippen LogP contribution in [0.5, 0.6) is 0 Å². The molecular weight excluding hydrogens is 400 g/mol. The second kappa shape index (κ2) is 7.17. The first-order valence-corrected chi connectivity index (χ1v) is 9.93. The average Bonchev–Trinajstić information content (AvgIpc) is 3.19. The molecule has 0 radical (unpaired) electrons. The number of rotatable bonds is 3. The SMILES string of the molecule is N#CC1(c2ccc(NC(=O)c3cccc4c(Br)cccc34)cc2)CCCC1. The second-order valence-corrected chi connectivity index (χ2v) is 7.93. The van der Waals surface area contributed by atoms with E-state index in [2.05, 4.69) is 27.3 Å². The highest BCUT2D eigenvalue weighted by Crippen LogP contribution is 2.40. The van der Waals surface area contributed by atoms with Crippen molar-refractivity contribution < 1.29 is 4.79 Å². The molecule has 1 amide bonds. The molecule has 0 unspecified atom stereocenters. The predicted octanol–water partition coefficient (Wildman–Crippen LogP) is 6.19. The Morgan fingerprint density at radius 3 is 2.33 bits per heavy atom. The average molecular weight is 419 g/mol. The lowest BCUT2D eigenvalue weighted by atomic mass is 9.80. The zero-order valence-electron chi connectivity index (χ0n) is 14.8. The van der Waals surface area contributed by atoms with Crippen LogP contribution in [0.3, 0.4) is 0 Å². The standard InChI is InChI=1S/C23H19BrN2O/c24-21-8-4-5-18-19(21)6-3-7-20(18)22(27)26-17-11-9-16(10-12-17)23(15-25)13-1-2-14-23/h3-12H,1-2,13-14H2,(H,26,27). The lowest BCUT2D eigenvalue weighted by molar-refractivity contribution is 0.102. The number of halogens is 1. The second-order valence-electron chi connectivity index (χ2n) is 7.07. The maximum Gasteiger partial charge on any atom is 0.256 e. The molecule has 0 aliphatic heterocycles. The van der Waals surface area contributed by atoms with E-state index in [9.17, 15) is 10.1 Å². The van der Waals surface area contributed by atoms with Crippen LogP contribution in [0.1, 0.15) is 41.6 Å². The van der Waals surface area contributed by atoms with Gasteiger partial charge in [0.2, 0.25) is 0 Å². The normalized spacial score (nSPS) is 15.4. The molecule has 3 nitrogen and oxygen atoms in total. The smallest absolute Gasteiger partial charge is 0.256 e. The van der Waals surface area contributed by atoms with Gasteiger partial charge in [-0.15, -0.1) is 0 Å². The van der Waals surface area contributed by atoms with Crippen molar-refractivity contribution in [1.29, 1.82) is 5.26 Å². The molecule has 1 N–H and O–H groups in total. The molecule has 1 saturated carbocycles. The van der Waals surface area contributed by atoms with Crippen molar-refractivity contribution in [3.63, 3.8) is 0 Å². The van der Waals surface area contributed by atoms with Gasteiger partial charge >= 0.3 is 0 Å². The van der Waals surface area contributed by atoms with Gasteiger partial charge in [0.05, 0.1) is 11.5 Å². The summed E-state index contributed by atoms with van der Waals surface area (Å²) in [5.74, 6) is -0.137. The summed E-state index contributed by atoms with van der Waals surface area (Å²) in [5.41, 5.74) is 2.07. The Labute approximate surface area is 167 Å². The molecule has 0 atom stereocenters. The van der Waals surface area contributed by atoms with Gasteiger partial charge in [0.15, 0.2) is 0 Å². The van der Waals surface area contributed by atoms with Crippen LogP contribution in [0.15, 0.2) is 65.1 Å². The van der Waals surface area contributed by atoms with Crippen molar-refractivity contribution in [3.8, 4) is 6.07 Å². The lowest BCUT2D eigenvalue weighted by Crippen LogP contribution is -2.19. The van der Waals surface area contributed by atoms with Crippen molar-refractivity contribution in [3.05, 3.63) is 76.3 Å². The first kappa shape index (κ1) is 17.8. The van der Waals surface area contributed by atoms with Crippen LogP contribution >= 0.6 is 15.9 Å². The van der Waals surface area contributed by atoms with Gasteiger partial charge in [0, 0.05) is 15.7 Å². The number of carbonyl (C=O) groups excluding carboxylic acids is 1. The third kappa shape index (κ3) is 3.24. The Morgan fingerprint density at radius 1 is 0.963 bits per heavy atom. The van der Waals surface area contributed by atoms with E-state index in [-0.39, 0.29) is 11.3 Å². The fourth-order valence-electron chi connectivity index (χ4n) is 3.98. The molecule has 4 heteroatoms. The number of nitriles is 1. The predicted molar refractivity (Wildman–Crippen MR) is 112 cm³/mol. The molecular formula is C23H19BrN2O. The summed E-state index contributed by atoms with van der Waals surface area (Å²) in [7, 11) is 0. The number of anilines is 1. The van der Waals surface area contributed by atoms with E-state index in [0.717, 1.165) is 52.2 Å². The van der Waals surface area contributed by atoms with Crippen molar-refractivity contribution in [2.75, 3.05) is 5.32 Å². The van der Waals surface area contributed by atoms with E-state index in [1.54, 1.807) is 0 Å². The molecule has 3 aromatic carbocycles. The fraction of sp³-hybridized carbons (Fsp3) is 0.217. The minimum Gasteiger partial charge on any atom is -0.322 e. The van der Waals surface area contributed by atoms with Gasteiger partial charge in [0.25, 0.3) is 5.91 Å². The number of nitrogens with one attached hydrogen (secondary N) is 1. The van der Waals surface area contributed by atoms with Gasteiger partial charge in [-0.3, -0.25) is 4.79 Å². The molecule has 3 aromatic rings. The van der Waals surface area contributed by atoms with Gasteiger partial charge < -0.3 is 5.32 Å². The highest BCUT2D eigenvalue weighted by molar-refractivity contribution is 9.10. The first-order chi connectivity index (χ1) is 13.1. The summed E-state index contributed by atoms with van der Waals surface area (Å²) in [6.07, 6.45) is 4.03. The summed E-state index contributed by atoms with van der Waals surface area (Å²) < 4.78 is 0.970. The quantitative estimate of drug-likeness (QED) is 0.550. The van der Waals surface area contributed by atoms with Crippen LogP contribution in [0.4, 0.5) is 5.69 Å². The molecule has 1 aliphatic carbocycles. The van der Waals surface area contributed by atoms with Crippen LogP contribution in [0.25, 0.3) is 10.8 Å². The molecule has 1 aliphatic rings. The number of benzene rings is 3. The van der Waals surface area contributed by atoms with E-state index >= 15 is 0 Å². The first-order valence-electron chi connectivity index (χ1n) is 9.13. The summed E-state index contributed by atoms with van der Waals surface area (Å²) >= 11 is 3.54. The molecule has 1 fully saturated rings. The number of fused-ring (bicyclic) bond motifs is 1. The number of nitrogens with zero attached hydrogens (tertiary/aromatic N) is 1. The van der Waals surface area contributed by atoms with E-state index in [1.165, 1.54) is 0 Å². The maximum atomic E-state index is 12.8. The Balaban J connectivity index is 1.59. The third-order valence-corrected chi connectivity index (χ3v) is 6.17. The fourth-order valence-corrected chi connectivity index (χ4v) is 4.48. The highest BCUT2D eigenvalue weighted by Gasteiger charge is 2.35. The Bertz CT molecular complexity index is 1040. The topological polar surface area (TPSA) is 52.9 Å². The van der Waals surface area contributed by atoms with E-state index in [4.69, 9.17) is 0 Å². The van der Waals surface area contributed by atoms with Crippen LogP contribution in [0, 0.1) is 11.3 Å². The van der Waals surface area contributed by atoms with E-state index in [1.807, 2.05) is 60.7 Å². The molecule has 4 rings (SSSR count). The van der Waals surface area contributed by atoms with Crippen LogP contribution in [0.2, 0.25) is 0 Å². The summed E-state index contributed by atoms with van der Waals surface area (Å²) in [6.45, 7) is 0. The molecule has 134 valence electrons. The number of hydrogen-bond donors (Lipinski definition) is 1. The van der Waals surface area contributed by atoms with E-state index < -0.39 is 0 Å². The Morgan fingerprint density at radius 2 is 1.63 bits per heavy atom. The van der Waals surface area contributed by atoms with Crippen LogP contribution < -0.4 is 5.32 Å². The summed E-state index contributed by atoms with van der Waals surface area (Å²) in [6, 6.07) is 21.8. The van der Waals surface area contributed by atoms with Gasteiger partial charge in [-0.2, -0.15) is 5.26 Å². The Kier molecular flexibility index (Phi) is 4.72. The van der Waals surface area contributed by atoms with Gasteiger partial charge in [0.1, 0.15) is 0 Å². The van der Waals surface area contributed by atoms with Crippen molar-refractivity contribution >= 4 is 38.3 Å². The van der Waals surface area contributed by atoms with Crippen molar-refractivity contribution in [1.82, 2.24) is 0 Å². The lowest BCUT2D eigenvalue weighted by Gasteiger charge is -2.21. The number of carbonyl (C=O) groups is 1. The minimum atomic E-state index is -0.357. The van der Waals surface area contributed by atoms with Crippen molar-refractivity contribution in [2.24, 2.45) is 0 Å². The minimum absolute atomic E-state index is 0.137. The zero-order chi connectivity index (χ0) is 18.9. The summed E-state index contributed by atoms with van der Waals surface area (Å²) in [4.78, 5) is 12.8. The van der Waals surface area contributed by atoms with Gasteiger partial charge in [-0.1, -0.05) is 65.2 Å². The number of amides is 1. The molecule has 0 bridgehead atoms. The zero-order valence-corrected chi connectivity index (χ0v) is 16.4. The molecule has 0 heterocycles. The molecule has 27 heavy (non-hydrogen) atoms. The number of hydrogen-bond acceptors (Lipinski definition) is 2. The van der Waals surface area contributed by atoms with E-state index in [0.29, 0.717) is 5.56 Å². The highest BCUT2D eigenvalue weighted by atomic mass is 79.9. The van der Waals surface area contributed by atoms with Crippen molar-refractivity contribution in [2.45, 2.75) is 31.1 Å². The maximum absolute atomic E-state index is 12.8. The molecule has 0 spiro atoms. The van der Waals surface area contributed by atoms with Gasteiger partial charge in [-0.05, 0) is 53.4 Å². The molecule has 0 saturated heterocycles. The third-order valence-electron chi connectivity index (χ3n) is 5.48. The van der Waals surface area contributed by atoms with Crippen LogP contribution in [-0.2, 0) is 5.41 Å². The van der Waals surface area contributed by atoms with Crippen LogP contribution in [-0.4, -0.2) is 5.91 Å². The van der Waals surface area contributed by atoms with Gasteiger partial charge in [-0.25, -0.2) is 0 Å². The largest absolute Gasteiger partial charge is 0.322 e. The Hall–Kier alpha value is -2.64. The monoisotopic (exact) mass is 418 g/mol.